The number of carboxylic acids is 2. The van der Waals surface area contributed by atoms with Gasteiger partial charge in [0.25, 0.3) is 0 Å². The Morgan fingerprint density at radius 3 is 0.690 bits per heavy atom. The molecule has 2 rings (SSSR count). The van der Waals surface area contributed by atoms with E-state index in [0.29, 0.717) is 0 Å². The van der Waals surface area contributed by atoms with Crippen molar-refractivity contribution in [3.8, 4) is 0 Å². The van der Waals surface area contributed by atoms with Crippen LogP contribution in [-0.4, -0.2) is 22.2 Å². The van der Waals surface area contributed by atoms with E-state index in [2.05, 4.69) is 0 Å². The first kappa shape index (κ1) is 29.9. The molecule has 0 saturated heterocycles. The molecular formula is C14H2Cl10O4Zn. The van der Waals surface area contributed by atoms with Crippen molar-refractivity contribution in [1.82, 2.24) is 0 Å². The van der Waals surface area contributed by atoms with Gasteiger partial charge in [0.2, 0.25) is 0 Å². The number of carboxylic acid groups (broad SMARTS) is 2. The van der Waals surface area contributed by atoms with Crippen LogP contribution in [0.15, 0.2) is 0 Å². The molecule has 0 atom stereocenters. The van der Waals surface area contributed by atoms with Gasteiger partial charge < -0.3 is 10.2 Å². The summed E-state index contributed by atoms with van der Waals surface area (Å²) in [6.45, 7) is 0. The average Bonchev–Trinajstić information content (AvgIpc) is 2.61. The molecule has 0 heterocycles. The summed E-state index contributed by atoms with van der Waals surface area (Å²) >= 11 is 56.3. The number of carbonyl (C=O) groups is 2. The van der Waals surface area contributed by atoms with Crippen LogP contribution in [0.3, 0.4) is 0 Å². The summed E-state index contributed by atoms with van der Waals surface area (Å²) in [5.74, 6) is -2.64. The van der Waals surface area contributed by atoms with Crippen LogP contribution in [0.4, 0.5) is 0 Å². The standard InChI is InChI=1S/2C7HCl5O2.Zn/c2*8-2-1(7(13)14)3(9)5(11)6(12)4(2)10;/h2*(H,13,14);. The minimum Gasteiger partial charge on any atom is -0.478 e. The van der Waals surface area contributed by atoms with Crippen molar-refractivity contribution in [3.63, 3.8) is 0 Å². The summed E-state index contributed by atoms with van der Waals surface area (Å²) in [7, 11) is 0. The van der Waals surface area contributed by atoms with Gasteiger partial charge in [-0.1, -0.05) is 116 Å². The first-order valence-corrected chi connectivity index (χ1v) is 10.0. The van der Waals surface area contributed by atoms with Crippen LogP contribution < -0.4 is 0 Å². The minimum atomic E-state index is -1.32. The molecule has 15 heteroatoms. The Balaban J connectivity index is 0.000000523. The number of aromatic carboxylic acids is 2. The van der Waals surface area contributed by atoms with Gasteiger partial charge in [0.15, 0.2) is 0 Å². The predicted octanol–water partition coefficient (Wildman–Crippen LogP) is 9.30. The van der Waals surface area contributed by atoms with Gasteiger partial charge in [0.1, 0.15) is 0 Å². The number of hydrogen-bond acceptors (Lipinski definition) is 2. The largest absolute Gasteiger partial charge is 0.478 e. The van der Waals surface area contributed by atoms with Crippen molar-refractivity contribution < 1.29 is 39.3 Å². The van der Waals surface area contributed by atoms with Crippen LogP contribution >= 0.6 is 116 Å². The molecule has 0 unspecified atom stereocenters. The molecule has 0 fully saturated rings. The van der Waals surface area contributed by atoms with Gasteiger partial charge in [-0.3, -0.25) is 0 Å². The van der Waals surface area contributed by atoms with Crippen LogP contribution in [0, 0.1) is 0 Å². The SMILES string of the molecule is O=C(O)c1c(Cl)c(Cl)c(Cl)c(Cl)c1Cl.O=C(O)c1c(Cl)c(Cl)c(Cl)c(Cl)c1Cl.[Zn]. The fourth-order valence-corrected chi connectivity index (χ4v) is 4.19. The minimum absolute atomic E-state index is 0. The molecule has 2 aromatic carbocycles. The Kier molecular flexibility index (Phi) is 12.6. The summed E-state index contributed by atoms with van der Waals surface area (Å²) < 4.78 is 0. The molecule has 154 valence electrons. The van der Waals surface area contributed by atoms with Crippen molar-refractivity contribution in [1.29, 1.82) is 0 Å². The van der Waals surface area contributed by atoms with Gasteiger partial charge in [-0.05, 0) is 0 Å². The molecule has 2 aromatic rings. The molecule has 0 aliphatic rings. The molecule has 0 spiro atoms. The van der Waals surface area contributed by atoms with E-state index < -0.39 is 11.9 Å². The normalized spacial score (nSPS) is 10.0. The first-order chi connectivity index (χ1) is 12.7. The Morgan fingerprint density at radius 2 is 0.552 bits per heavy atom. The third kappa shape index (κ3) is 6.46. The van der Waals surface area contributed by atoms with Crippen LogP contribution in [0.2, 0.25) is 50.2 Å². The second-order valence-corrected chi connectivity index (χ2v) is 8.28. The average molecular weight is 654 g/mol. The van der Waals surface area contributed by atoms with Gasteiger partial charge in [0, 0.05) is 19.5 Å². The second-order valence-electron chi connectivity index (χ2n) is 4.50. The maximum Gasteiger partial charge on any atom is 0.338 e. The van der Waals surface area contributed by atoms with Crippen molar-refractivity contribution in [2.45, 2.75) is 0 Å². The number of benzene rings is 2. The van der Waals surface area contributed by atoms with E-state index in [4.69, 9.17) is 126 Å². The van der Waals surface area contributed by atoms with E-state index in [1.807, 2.05) is 0 Å². The summed E-state index contributed by atoms with van der Waals surface area (Å²) in [6, 6.07) is 0. The quantitative estimate of drug-likeness (QED) is 0.192. The Hall–Kier alpha value is 0.903. The molecule has 4 nitrogen and oxygen atoms in total. The molecule has 29 heavy (non-hydrogen) atoms. The summed E-state index contributed by atoms with van der Waals surface area (Å²) in [5.41, 5.74) is -0.708. The van der Waals surface area contributed by atoms with Gasteiger partial charge in [-0.15, -0.1) is 0 Å². The summed E-state index contributed by atoms with van der Waals surface area (Å²) in [5, 5.41) is 16.0. The Bertz CT molecular complexity index is 858. The van der Waals surface area contributed by atoms with Crippen molar-refractivity contribution >= 4 is 128 Å². The Labute approximate surface area is 226 Å². The van der Waals surface area contributed by atoms with Crippen LogP contribution in [0.25, 0.3) is 0 Å². The fraction of sp³-hybridized carbons (Fsp3) is 0. The maximum atomic E-state index is 10.7. The molecule has 2 N–H and O–H groups in total. The zero-order valence-corrected chi connectivity index (χ0v) is 23.7. The second kappa shape index (κ2) is 12.2. The fourth-order valence-electron chi connectivity index (χ4n) is 1.59. The third-order valence-electron chi connectivity index (χ3n) is 2.85. The van der Waals surface area contributed by atoms with Gasteiger partial charge in [-0.2, -0.15) is 0 Å². The molecule has 0 aromatic heterocycles. The van der Waals surface area contributed by atoms with E-state index in [9.17, 15) is 9.59 Å². The van der Waals surface area contributed by atoms with Gasteiger partial charge in [-0.25, -0.2) is 9.59 Å². The molecule has 0 aliphatic carbocycles. The van der Waals surface area contributed by atoms with E-state index >= 15 is 0 Å². The van der Waals surface area contributed by atoms with Crippen molar-refractivity contribution in [2.24, 2.45) is 0 Å². The zero-order chi connectivity index (χ0) is 22.1. The predicted molar refractivity (Wildman–Crippen MR) is 117 cm³/mol. The summed E-state index contributed by atoms with van der Waals surface area (Å²) in [6.07, 6.45) is 0. The van der Waals surface area contributed by atoms with Crippen LogP contribution in [-0.2, 0) is 19.5 Å². The molecule has 0 amide bonds. The van der Waals surface area contributed by atoms with Gasteiger partial charge in [0.05, 0.1) is 61.4 Å². The smallest absolute Gasteiger partial charge is 0.338 e. The van der Waals surface area contributed by atoms with E-state index in [1.165, 1.54) is 0 Å². The number of hydrogen-bond donors (Lipinski definition) is 2. The molecule has 0 radical (unpaired) electrons. The van der Waals surface area contributed by atoms with Crippen LogP contribution in [0.5, 0.6) is 0 Å². The molecule has 0 saturated carbocycles. The number of rotatable bonds is 2. The molecular weight excluding hydrogens is 652 g/mol. The molecule has 0 bridgehead atoms. The van der Waals surface area contributed by atoms with Crippen molar-refractivity contribution in [3.05, 3.63) is 61.4 Å². The Morgan fingerprint density at radius 1 is 0.414 bits per heavy atom. The van der Waals surface area contributed by atoms with Crippen molar-refractivity contribution in [2.75, 3.05) is 0 Å². The summed E-state index contributed by atoms with van der Waals surface area (Å²) in [4.78, 5) is 21.5. The van der Waals surface area contributed by atoms with Gasteiger partial charge >= 0.3 is 11.9 Å². The number of halogens is 10. The third-order valence-corrected chi connectivity index (χ3v) is 7.40. The first-order valence-electron chi connectivity index (χ1n) is 6.25. The zero-order valence-electron chi connectivity index (χ0n) is 13.2. The van der Waals surface area contributed by atoms with E-state index in [-0.39, 0.29) is 80.8 Å². The maximum absolute atomic E-state index is 10.7. The van der Waals surface area contributed by atoms with Crippen LogP contribution in [0.1, 0.15) is 20.7 Å². The molecule has 0 aliphatic heterocycles. The topological polar surface area (TPSA) is 74.6 Å². The van der Waals surface area contributed by atoms with E-state index in [0.717, 1.165) is 0 Å². The van der Waals surface area contributed by atoms with E-state index in [1.54, 1.807) is 0 Å². The monoisotopic (exact) mass is 648 g/mol.